The lowest BCUT2D eigenvalue weighted by Gasteiger charge is -2.36. The van der Waals surface area contributed by atoms with Crippen molar-refractivity contribution < 1.29 is 4.79 Å². The quantitative estimate of drug-likeness (QED) is 0.750. The number of thiophene rings is 1. The minimum Gasteiger partial charge on any atom is -0.336 e. The molecule has 1 aliphatic carbocycles. The number of hydrogen-bond acceptors (Lipinski definition) is 2. The van der Waals surface area contributed by atoms with Crippen molar-refractivity contribution in [1.29, 1.82) is 0 Å². The molecule has 3 heterocycles. The summed E-state index contributed by atoms with van der Waals surface area (Å²) in [6, 6.07) is 3.16. The average molecular weight is 315 g/mol. The third-order valence-corrected chi connectivity index (χ3v) is 6.61. The lowest BCUT2D eigenvalue weighted by Crippen LogP contribution is -2.44. The van der Waals surface area contributed by atoms with E-state index in [-0.39, 0.29) is 0 Å². The van der Waals surface area contributed by atoms with Gasteiger partial charge in [0.1, 0.15) is 0 Å². The zero-order valence-electron chi connectivity index (χ0n) is 13.4. The molecule has 2 saturated heterocycles. The van der Waals surface area contributed by atoms with Gasteiger partial charge in [0.05, 0.1) is 0 Å². The average Bonchev–Trinajstić information content (AvgIpc) is 3.15. The summed E-state index contributed by atoms with van der Waals surface area (Å²) in [6.07, 6.45) is 11.7. The Labute approximate surface area is 137 Å². The van der Waals surface area contributed by atoms with Crippen LogP contribution in [0.25, 0.3) is 0 Å². The fourth-order valence-corrected chi connectivity index (χ4v) is 5.11. The molecular weight excluding hydrogens is 290 g/mol. The van der Waals surface area contributed by atoms with Gasteiger partial charge < -0.3 is 4.90 Å². The van der Waals surface area contributed by atoms with Crippen molar-refractivity contribution in [1.82, 2.24) is 4.90 Å². The number of amides is 1. The highest BCUT2D eigenvalue weighted by Crippen LogP contribution is 2.41. The number of nitrogens with zero attached hydrogens (tertiary/aromatic N) is 1. The molecule has 3 heteroatoms. The number of rotatable bonds is 4. The molecule has 1 aromatic heterocycles. The molecule has 0 N–H and O–H groups in total. The Bertz CT molecular complexity index is 582. The molecule has 3 aliphatic rings. The Hall–Kier alpha value is -1.09. The molecule has 22 heavy (non-hydrogen) atoms. The maximum absolute atomic E-state index is 12.7. The third-order valence-electron chi connectivity index (χ3n) is 5.53. The molecule has 3 fully saturated rings. The van der Waals surface area contributed by atoms with E-state index in [0.29, 0.717) is 24.4 Å². The largest absolute Gasteiger partial charge is 0.336 e. The summed E-state index contributed by atoms with van der Waals surface area (Å²) >= 11 is 1.79. The Kier molecular flexibility index (Phi) is 3.85. The third kappa shape index (κ3) is 2.88. The summed E-state index contributed by atoms with van der Waals surface area (Å²) in [5.41, 5.74) is 2.99. The van der Waals surface area contributed by atoms with E-state index in [1.54, 1.807) is 16.9 Å². The molecule has 0 radical (unpaired) electrons. The van der Waals surface area contributed by atoms with Crippen molar-refractivity contribution in [3.8, 4) is 0 Å². The Morgan fingerprint density at radius 3 is 2.59 bits per heavy atom. The fraction of sp³-hybridized carbons (Fsp3) is 0.632. The molecule has 1 aromatic rings. The predicted molar refractivity (Wildman–Crippen MR) is 91.1 cm³/mol. The molecule has 0 spiro atoms. The van der Waals surface area contributed by atoms with E-state index in [9.17, 15) is 4.79 Å². The van der Waals surface area contributed by atoms with Crippen LogP contribution < -0.4 is 0 Å². The van der Waals surface area contributed by atoms with E-state index in [4.69, 9.17) is 0 Å². The number of fused-ring (bicyclic) bond motifs is 2. The Balaban J connectivity index is 1.38. The number of carbonyl (C=O) groups excluding carboxylic acids is 1. The summed E-state index contributed by atoms with van der Waals surface area (Å²) < 4.78 is 0. The maximum atomic E-state index is 12.7. The number of hydrogen-bond donors (Lipinski definition) is 0. The second-order valence-corrected chi connectivity index (χ2v) is 8.28. The Morgan fingerprint density at radius 2 is 2.00 bits per heavy atom. The summed E-state index contributed by atoms with van der Waals surface area (Å²) in [5.74, 6) is 1.27. The molecular formula is C19H25NOS. The van der Waals surface area contributed by atoms with Crippen LogP contribution in [0.15, 0.2) is 23.1 Å². The number of allylic oxidation sites excluding steroid dienone is 1. The molecule has 2 unspecified atom stereocenters. The lowest BCUT2D eigenvalue weighted by atomic mass is 9.95. The molecule has 0 aromatic carbocycles. The SMILES string of the molecule is Cc1ccsc1CCC(=O)N1C2CCC1CC(=CC1CC1)C2. The van der Waals surface area contributed by atoms with Crippen molar-refractivity contribution in [2.45, 2.75) is 70.4 Å². The van der Waals surface area contributed by atoms with Gasteiger partial charge in [0.25, 0.3) is 0 Å². The summed E-state index contributed by atoms with van der Waals surface area (Å²) in [5, 5.41) is 2.13. The zero-order valence-corrected chi connectivity index (χ0v) is 14.2. The van der Waals surface area contributed by atoms with Crippen LogP contribution in [0, 0.1) is 12.8 Å². The zero-order chi connectivity index (χ0) is 15.1. The van der Waals surface area contributed by atoms with Gasteiger partial charge in [0.2, 0.25) is 5.91 Å². The molecule has 2 aliphatic heterocycles. The monoisotopic (exact) mass is 315 g/mol. The minimum atomic E-state index is 0.394. The van der Waals surface area contributed by atoms with Crippen LogP contribution in [-0.4, -0.2) is 22.9 Å². The highest BCUT2D eigenvalue weighted by molar-refractivity contribution is 7.10. The maximum Gasteiger partial charge on any atom is 0.223 e. The highest BCUT2D eigenvalue weighted by atomic mass is 32.1. The smallest absolute Gasteiger partial charge is 0.223 e. The van der Waals surface area contributed by atoms with Crippen LogP contribution in [0.3, 0.4) is 0 Å². The van der Waals surface area contributed by atoms with Gasteiger partial charge in [-0.15, -0.1) is 11.3 Å². The molecule has 2 bridgehead atoms. The van der Waals surface area contributed by atoms with Gasteiger partial charge >= 0.3 is 0 Å². The molecule has 118 valence electrons. The summed E-state index contributed by atoms with van der Waals surface area (Å²) in [6.45, 7) is 2.15. The van der Waals surface area contributed by atoms with Crippen LogP contribution in [-0.2, 0) is 11.2 Å². The van der Waals surface area contributed by atoms with E-state index >= 15 is 0 Å². The number of carbonyl (C=O) groups is 1. The normalized spacial score (nSPS) is 27.3. The highest BCUT2D eigenvalue weighted by Gasteiger charge is 2.41. The molecule has 1 saturated carbocycles. The first-order chi connectivity index (χ1) is 10.7. The van der Waals surface area contributed by atoms with Gasteiger partial charge in [-0.2, -0.15) is 0 Å². The fourth-order valence-electron chi connectivity index (χ4n) is 4.20. The van der Waals surface area contributed by atoms with Crippen LogP contribution in [0.5, 0.6) is 0 Å². The summed E-state index contributed by atoms with van der Waals surface area (Å²) in [4.78, 5) is 16.4. The molecule has 4 rings (SSSR count). The van der Waals surface area contributed by atoms with Crippen LogP contribution in [0.4, 0.5) is 0 Å². The van der Waals surface area contributed by atoms with E-state index in [1.807, 2.05) is 0 Å². The first-order valence-corrected chi connectivity index (χ1v) is 9.62. The van der Waals surface area contributed by atoms with Crippen LogP contribution in [0.1, 0.15) is 55.4 Å². The van der Waals surface area contributed by atoms with Gasteiger partial charge in [0.15, 0.2) is 0 Å². The van der Waals surface area contributed by atoms with Crippen LogP contribution >= 0.6 is 11.3 Å². The Morgan fingerprint density at radius 1 is 1.27 bits per heavy atom. The van der Waals surface area contributed by atoms with Gasteiger partial charge in [-0.1, -0.05) is 11.6 Å². The van der Waals surface area contributed by atoms with Crippen molar-refractivity contribution in [2.24, 2.45) is 5.92 Å². The number of aryl methyl sites for hydroxylation is 2. The molecule has 2 atom stereocenters. The van der Waals surface area contributed by atoms with Crippen LogP contribution in [0.2, 0.25) is 0 Å². The molecule has 1 amide bonds. The van der Waals surface area contributed by atoms with Gasteiger partial charge in [-0.05, 0) is 74.8 Å². The molecule has 2 nitrogen and oxygen atoms in total. The van der Waals surface area contributed by atoms with Crippen molar-refractivity contribution >= 4 is 17.2 Å². The minimum absolute atomic E-state index is 0.394. The lowest BCUT2D eigenvalue weighted by molar-refractivity contribution is -0.134. The van der Waals surface area contributed by atoms with Crippen molar-refractivity contribution in [2.75, 3.05) is 0 Å². The predicted octanol–water partition coefficient (Wildman–Crippen LogP) is 4.48. The van der Waals surface area contributed by atoms with E-state index in [0.717, 1.165) is 25.2 Å². The first kappa shape index (κ1) is 14.5. The second-order valence-electron chi connectivity index (χ2n) is 7.28. The van der Waals surface area contributed by atoms with E-state index in [1.165, 1.54) is 36.1 Å². The van der Waals surface area contributed by atoms with E-state index in [2.05, 4.69) is 29.3 Å². The first-order valence-electron chi connectivity index (χ1n) is 8.74. The van der Waals surface area contributed by atoms with Crippen molar-refractivity contribution in [3.63, 3.8) is 0 Å². The van der Waals surface area contributed by atoms with Gasteiger partial charge in [-0.3, -0.25) is 4.79 Å². The van der Waals surface area contributed by atoms with Crippen molar-refractivity contribution in [3.05, 3.63) is 33.5 Å². The standard InChI is InChI=1S/C19H25NOS/c1-13-8-9-22-18(13)6-7-19(21)20-16-4-5-17(20)12-15(11-16)10-14-2-3-14/h8-10,14,16-17H,2-7,11-12H2,1H3. The summed E-state index contributed by atoms with van der Waals surface area (Å²) in [7, 11) is 0. The van der Waals surface area contributed by atoms with Gasteiger partial charge in [0, 0.05) is 23.4 Å². The second kappa shape index (κ2) is 5.84. The topological polar surface area (TPSA) is 20.3 Å². The van der Waals surface area contributed by atoms with E-state index < -0.39 is 0 Å². The number of piperidine rings is 1. The van der Waals surface area contributed by atoms with Gasteiger partial charge in [-0.25, -0.2) is 0 Å².